The third kappa shape index (κ3) is 5.23. The van der Waals surface area contributed by atoms with Crippen molar-refractivity contribution in [2.75, 3.05) is 33.9 Å². The summed E-state index contributed by atoms with van der Waals surface area (Å²) in [7, 11) is 3.19. The number of hydrogen-bond acceptors (Lipinski definition) is 8. The number of hydrogen-bond donors (Lipinski definition) is 0. The molecule has 0 aliphatic carbocycles. The Labute approximate surface area is 227 Å². The fourth-order valence-corrected chi connectivity index (χ4v) is 5.51. The molecule has 3 aromatic rings. The molecule has 202 valence electrons. The predicted molar refractivity (Wildman–Crippen MR) is 142 cm³/mol. The lowest BCUT2D eigenvalue weighted by Gasteiger charge is -2.26. The molecule has 0 bridgehead atoms. The van der Waals surface area contributed by atoms with E-state index < -0.39 is 12.2 Å². The fraction of sp³-hybridized carbons (Fsp3) is 0.464. The lowest BCUT2D eigenvalue weighted by Crippen LogP contribution is -2.30. The summed E-state index contributed by atoms with van der Waals surface area (Å²) in [6, 6.07) is 11.3. The quantitative estimate of drug-likeness (QED) is 0.367. The highest BCUT2D eigenvalue weighted by molar-refractivity contribution is 6.30. The van der Waals surface area contributed by atoms with Crippen LogP contribution in [0.2, 0.25) is 5.02 Å². The minimum Gasteiger partial charge on any atom is -0.493 e. The molecule has 2 aliphatic heterocycles. The monoisotopic (exact) mass is 540 g/mol. The number of likely N-dealkylation sites (tertiary alicyclic amines) is 1. The van der Waals surface area contributed by atoms with Crippen LogP contribution in [-0.2, 0) is 20.8 Å². The second-order valence-electron chi connectivity index (χ2n) is 9.45. The summed E-state index contributed by atoms with van der Waals surface area (Å²) in [6.07, 6.45) is 2.22. The van der Waals surface area contributed by atoms with E-state index in [1.807, 2.05) is 41.0 Å². The molecule has 3 heterocycles. The molecule has 2 atom stereocenters. The number of ether oxygens (including phenoxy) is 4. The summed E-state index contributed by atoms with van der Waals surface area (Å²) < 4.78 is 25.4. The number of esters is 1. The van der Waals surface area contributed by atoms with Crippen LogP contribution in [0.3, 0.4) is 0 Å². The van der Waals surface area contributed by atoms with E-state index in [0.717, 1.165) is 35.7 Å². The number of rotatable bonds is 8. The molecule has 1 aromatic heterocycles. The average molecular weight is 541 g/mol. The maximum atomic E-state index is 12.7. The highest BCUT2D eigenvalue weighted by atomic mass is 35.5. The number of para-hydroxylation sites is 1. The molecule has 2 aliphatic rings. The second-order valence-corrected chi connectivity index (χ2v) is 9.88. The van der Waals surface area contributed by atoms with Gasteiger partial charge < -0.3 is 18.9 Å². The summed E-state index contributed by atoms with van der Waals surface area (Å²) in [5, 5.41) is 9.71. The number of aromatic nitrogens is 3. The minimum absolute atomic E-state index is 0.0137. The Balaban J connectivity index is 1.68. The Morgan fingerprint density at radius 2 is 1.89 bits per heavy atom. The maximum Gasteiger partial charge on any atom is 0.308 e. The van der Waals surface area contributed by atoms with Gasteiger partial charge in [0.05, 0.1) is 39.5 Å². The largest absolute Gasteiger partial charge is 0.493 e. The number of carbonyl (C=O) groups excluding carboxylic acids is 1. The Morgan fingerprint density at radius 1 is 1.08 bits per heavy atom. The summed E-state index contributed by atoms with van der Waals surface area (Å²) in [5.74, 6) is 2.10. The summed E-state index contributed by atoms with van der Waals surface area (Å²) in [5.41, 5.74) is 2.42. The summed E-state index contributed by atoms with van der Waals surface area (Å²) in [4.78, 5) is 15.1. The number of benzene rings is 2. The molecule has 0 saturated carbocycles. The molecule has 9 nitrogen and oxygen atoms in total. The smallest absolute Gasteiger partial charge is 0.308 e. The van der Waals surface area contributed by atoms with Crippen LogP contribution in [0.15, 0.2) is 36.4 Å². The molecular weight excluding hydrogens is 508 g/mol. The van der Waals surface area contributed by atoms with Gasteiger partial charge in [0.25, 0.3) is 0 Å². The van der Waals surface area contributed by atoms with Crippen LogP contribution in [0.1, 0.15) is 67.6 Å². The van der Waals surface area contributed by atoms with Gasteiger partial charge in [-0.1, -0.05) is 30.2 Å². The molecule has 38 heavy (non-hydrogen) atoms. The zero-order chi connectivity index (χ0) is 26.6. The van der Waals surface area contributed by atoms with Crippen LogP contribution >= 0.6 is 11.6 Å². The molecule has 10 heteroatoms. The minimum atomic E-state index is -0.719. The first kappa shape index (κ1) is 26.5. The molecule has 1 saturated heterocycles. The summed E-state index contributed by atoms with van der Waals surface area (Å²) in [6.45, 7) is 4.74. The summed E-state index contributed by atoms with van der Waals surface area (Å²) >= 11 is 6.54. The molecule has 2 aromatic carbocycles. The Hall–Kier alpha value is -3.14. The number of carbonyl (C=O) groups is 1. The van der Waals surface area contributed by atoms with Gasteiger partial charge in [0.1, 0.15) is 12.2 Å². The van der Waals surface area contributed by atoms with Crippen LogP contribution in [0, 0.1) is 0 Å². The van der Waals surface area contributed by atoms with Crippen molar-refractivity contribution < 1.29 is 23.7 Å². The van der Waals surface area contributed by atoms with E-state index in [1.165, 1.54) is 19.3 Å². The number of piperidine rings is 1. The van der Waals surface area contributed by atoms with Gasteiger partial charge >= 0.3 is 5.97 Å². The average Bonchev–Trinajstić information content (AvgIpc) is 3.28. The van der Waals surface area contributed by atoms with E-state index >= 15 is 0 Å². The fourth-order valence-electron chi connectivity index (χ4n) is 5.33. The molecule has 0 radical (unpaired) electrons. The van der Waals surface area contributed by atoms with Crippen molar-refractivity contribution in [3.63, 3.8) is 0 Å². The standard InChI is InChI=1S/C28H33ClN4O5/c1-4-37-25(34)16-23-28-31-30-24(17-32-13-6-5-7-14-32)33(28)21-12-11-18(29)15-20(21)26(38-23)19-9-8-10-22(35-2)27(19)36-3/h8-12,15,23,26H,4-7,13-14,16-17H2,1-3H3. The van der Waals surface area contributed by atoms with Gasteiger partial charge in [-0.05, 0) is 57.1 Å². The molecule has 0 N–H and O–H groups in total. The Bertz CT molecular complexity index is 1290. The van der Waals surface area contributed by atoms with Gasteiger partial charge in [-0.15, -0.1) is 10.2 Å². The Morgan fingerprint density at radius 3 is 2.63 bits per heavy atom. The zero-order valence-electron chi connectivity index (χ0n) is 22.0. The van der Waals surface area contributed by atoms with Gasteiger partial charge in [-0.3, -0.25) is 14.3 Å². The SMILES string of the molecule is CCOC(=O)CC1OC(c2cccc(OC)c2OC)c2cc(Cl)ccc2-n2c(CN3CCCCC3)nnc21. The van der Waals surface area contributed by atoms with Gasteiger partial charge in [0.15, 0.2) is 23.1 Å². The number of halogens is 1. The Kier molecular flexibility index (Phi) is 8.16. The van der Waals surface area contributed by atoms with Gasteiger partial charge in [-0.25, -0.2) is 0 Å². The maximum absolute atomic E-state index is 12.7. The van der Waals surface area contributed by atoms with E-state index in [9.17, 15) is 4.79 Å². The van der Waals surface area contributed by atoms with Crippen molar-refractivity contribution in [2.45, 2.75) is 51.4 Å². The van der Waals surface area contributed by atoms with E-state index in [0.29, 0.717) is 28.9 Å². The van der Waals surface area contributed by atoms with Crippen LogP contribution in [0.4, 0.5) is 0 Å². The van der Waals surface area contributed by atoms with Crippen LogP contribution in [0.25, 0.3) is 5.69 Å². The molecular formula is C28H33ClN4O5. The van der Waals surface area contributed by atoms with Crippen molar-refractivity contribution in [3.8, 4) is 17.2 Å². The molecule has 0 amide bonds. The zero-order valence-corrected chi connectivity index (χ0v) is 22.7. The van der Waals surface area contributed by atoms with E-state index in [1.54, 1.807) is 21.1 Å². The van der Waals surface area contributed by atoms with Crippen LogP contribution in [-0.4, -0.2) is 59.5 Å². The molecule has 2 unspecified atom stereocenters. The third-order valence-corrected chi connectivity index (χ3v) is 7.28. The van der Waals surface area contributed by atoms with Crippen LogP contribution < -0.4 is 9.47 Å². The topological polar surface area (TPSA) is 87.9 Å². The van der Waals surface area contributed by atoms with E-state index in [4.69, 9.17) is 30.5 Å². The van der Waals surface area contributed by atoms with E-state index in [-0.39, 0.29) is 19.0 Å². The van der Waals surface area contributed by atoms with Crippen molar-refractivity contribution >= 4 is 17.6 Å². The van der Waals surface area contributed by atoms with Crippen molar-refractivity contribution in [2.24, 2.45) is 0 Å². The molecule has 5 rings (SSSR count). The van der Waals surface area contributed by atoms with Crippen molar-refractivity contribution in [3.05, 3.63) is 64.2 Å². The van der Waals surface area contributed by atoms with Gasteiger partial charge in [0, 0.05) is 16.1 Å². The molecule has 1 fully saturated rings. The van der Waals surface area contributed by atoms with Gasteiger partial charge in [0.2, 0.25) is 0 Å². The van der Waals surface area contributed by atoms with Crippen LogP contribution in [0.5, 0.6) is 11.5 Å². The normalized spacial score (nSPS) is 19.3. The number of fused-ring (bicyclic) bond motifs is 3. The first-order valence-electron chi connectivity index (χ1n) is 13.0. The second kappa shape index (κ2) is 11.7. The highest BCUT2D eigenvalue weighted by Gasteiger charge is 2.37. The van der Waals surface area contributed by atoms with E-state index in [2.05, 4.69) is 15.1 Å². The number of nitrogens with zero attached hydrogens (tertiary/aromatic N) is 4. The number of methoxy groups -OCH3 is 2. The predicted octanol–water partition coefficient (Wildman–Crippen LogP) is 5.04. The highest BCUT2D eigenvalue weighted by Crippen LogP contribution is 2.46. The van der Waals surface area contributed by atoms with Crippen molar-refractivity contribution in [1.29, 1.82) is 0 Å². The third-order valence-electron chi connectivity index (χ3n) is 7.04. The first-order chi connectivity index (χ1) is 18.5. The van der Waals surface area contributed by atoms with Gasteiger partial charge in [-0.2, -0.15) is 0 Å². The lowest BCUT2D eigenvalue weighted by molar-refractivity contribution is -0.147. The molecule has 0 spiro atoms. The van der Waals surface area contributed by atoms with Crippen molar-refractivity contribution in [1.82, 2.24) is 19.7 Å². The lowest BCUT2D eigenvalue weighted by atomic mass is 9.98. The first-order valence-corrected chi connectivity index (χ1v) is 13.4.